The second-order valence-corrected chi connectivity index (χ2v) is 5.79. The summed E-state index contributed by atoms with van der Waals surface area (Å²) in [5.41, 5.74) is 6.20. The number of nitrogen functional groups attached to an aromatic ring is 1. The molecule has 0 radical (unpaired) electrons. The van der Waals surface area contributed by atoms with E-state index in [1.807, 2.05) is 0 Å². The molecule has 0 spiro atoms. The maximum absolute atomic E-state index is 12.4. The number of alkyl halides is 3. The van der Waals surface area contributed by atoms with Crippen molar-refractivity contribution in [3.8, 4) is 5.75 Å². The molecule has 1 amide bonds. The number of aromatic amines is 1. The lowest BCUT2D eigenvalue weighted by atomic mass is 10.2. The Morgan fingerprint density at radius 3 is 2.76 bits per heavy atom. The first-order chi connectivity index (χ1) is 11.7. The zero-order chi connectivity index (χ0) is 18.2. The molecule has 0 bridgehead atoms. The van der Waals surface area contributed by atoms with Crippen molar-refractivity contribution in [3.63, 3.8) is 0 Å². The van der Waals surface area contributed by atoms with Gasteiger partial charge in [-0.15, -0.1) is 13.2 Å². The summed E-state index contributed by atoms with van der Waals surface area (Å²) < 4.78 is 41.0. The maximum Gasteiger partial charge on any atom is 0.573 e. The van der Waals surface area contributed by atoms with Gasteiger partial charge in [0.1, 0.15) is 11.4 Å². The van der Waals surface area contributed by atoms with Crippen LogP contribution in [0.4, 0.5) is 24.5 Å². The molecular formula is C14H9BrF3N5O2. The number of amides is 1. The zero-order valence-electron chi connectivity index (χ0n) is 12.2. The Hall–Kier alpha value is -2.82. The number of pyridine rings is 1. The highest BCUT2D eigenvalue weighted by Crippen LogP contribution is 2.29. The van der Waals surface area contributed by atoms with Gasteiger partial charge in [0.15, 0.2) is 5.65 Å². The Labute approximate surface area is 146 Å². The molecule has 11 heteroatoms. The Balaban J connectivity index is 1.84. The van der Waals surface area contributed by atoms with Crippen LogP contribution in [0.2, 0.25) is 0 Å². The van der Waals surface area contributed by atoms with Crippen molar-refractivity contribution in [1.29, 1.82) is 0 Å². The molecule has 4 N–H and O–H groups in total. The number of halogens is 4. The molecule has 2 heterocycles. The number of anilines is 2. The lowest BCUT2D eigenvalue weighted by molar-refractivity contribution is -0.274. The van der Waals surface area contributed by atoms with Crippen LogP contribution in [-0.4, -0.2) is 27.5 Å². The Bertz CT molecular complexity index is 957. The summed E-state index contributed by atoms with van der Waals surface area (Å²) in [5, 5.41) is 9.44. The lowest BCUT2D eigenvalue weighted by Gasteiger charge is -2.12. The number of carbonyl (C=O) groups is 1. The van der Waals surface area contributed by atoms with Crippen LogP contribution < -0.4 is 15.8 Å². The topological polar surface area (TPSA) is 106 Å². The second kappa shape index (κ2) is 6.24. The van der Waals surface area contributed by atoms with Crippen molar-refractivity contribution >= 4 is 44.2 Å². The molecule has 0 unspecified atom stereocenters. The fourth-order valence-corrected chi connectivity index (χ4v) is 2.42. The van der Waals surface area contributed by atoms with Gasteiger partial charge in [0, 0.05) is 16.7 Å². The van der Waals surface area contributed by atoms with E-state index >= 15 is 0 Å². The Morgan fingerprint density at radius 2 is 2.08 bits per heavy atom. The van der Waals surface area contributed by atoms with E-state index in [0.29, 0.717) is 15.5 Å². The number of aromatic nitrogens is 3. The Kier molecular flexibility index (Phi) is 4.25. The fraction of sp³-hybridized carbons (Fsp3) is 0.0714. The van der Waals surface area contributed by atoms with Gasteiger partial charge in [-0.2, -0.15) is 5.10 Å². The maximum atomic E-state index is 12.4. The lowest BCUT2D eigenvalue weighted by Crippen LogP contribution is -2.18. The quantitative estimate of drug-likeness (QED) is 0.568. The average molecular weight is 416 g/mol. The highest BCUT2D eigenvalue weighted by molar-refractivity contribution is 9.10. The largest absolute Gasteiger partial charge is 0.573 e. The summed E-state index contributed by atoms with van der Waals surface area (Å²) in [6, 6.07) is 4.88. The highest BCUT2D eigenvalue weighted by Gasteiger charge is 2.31. The van der Waals surface area contributed by atoms with Crippen LogP contribution in [0.15, 0.2) is 34.9 Å². The third-order valence-corrected chi connectivity index (χ3v) is 3.54. The molecule has 0 saturated heterocycles. The van der Waals surface area contributed by atoms with Crippen molar-refractivity contribution in [2.24, 2.45) is 0 Å². The zero-order valence-corrected chi connectivity index (χ0v) is 13.8. The van der Waals surface area contributed by atoms with Gasteiger partial charge in [0.25, 0.3) is 5.91 Å². The van der Waals surface area contributed by atoms with Gasteiger partial charge in [0.2, 0.25) is 0 Å². The van der Waals surface area contributed by atoms with Crippen LogP contribution in [0.5, 0.6) is 5.75 Å². The first-order valence-corrected chi connectivity index (χ1v) is 7.48. The summed E-state index contributed by atoms with van der Waals surface area (Å²) in [6.07, 6.45) is -3.30. The number of benzene rings is 1. The average Bonchev–Trinajstić information content (AvgIpc) is 2.91. The van der Waals surface area contributed by atoms with Crippen LogP contribution in [0.3, 0.4) is 0 Å². The van der Waals surface area contributed by atoms with E-state index in [9.17, 15) is 18.0 Å². The molecule has 25 heavy (non-hydrogen) atoms. The van der Waals surface area contributed by atoms with Crippen LogP contribution in [0.25, 0.3) is 11.0 Å². The predicted octanol–water partition coefficient (Wildman–Crippen LogP) is 3.45. The number of hydrogen-bond acceptors (Lipinski definition) is 5. The van der Waals surface area contributed by atoms with Gasteiger partial charge in [-0.25, -0.2) is 4.98 Å². The number of carbonyl (C=O) groups excluding carboxylic acids is 1. The molecule has 0 atom stereocenters. The molecule has 3 aromatic rings. The second-order valence-electron chi connectivity index (χ2n) is 4.87. The molecule has 130 valence electrons. The van der Waals surface area contributed by atoms with E-state index in [0.717, 1.165) is 12.1 Å². The molecule has 3 rings (SSSR count). The van der Waals surface area contributed by atoms with Gasteiger partial charge in [-0.1, -0.05) is 0 Å². The van der Waals surface area contributed by atoms with E-state index in [2.05, 4.69) is 41.2 Å². The first kappa shape index (κ1) is 17.0. The van der Waals surface area contributed by atoms with E-state index in [1.54, 1.807) is 6.07 Å². The molecule has 0 aliphatic carbocycles. The highest BCUT2D eigenvalue weighted by atomic mass is 79.9. The smallest absolute Gasteiger partial charge is 0.406 e. The molecule has 0 aliphatic rings. The molecule has 0 fully saturated rings. The number of nitrogens with one attached hydrogen (secondary N) is 2. The molecular weight excluding hydrogens is 407 g/mol. The summed E-state index contributed by atoms with van der Waals surface area (Å²) >= 11 is 3.25. The third kappa shape index (κ3) is 3.82. The number of fused-ring (bicyclic) bond motifs is 1. The standard InChI is InChI=1S/C14H9BrF3N5O2/c15-6-3-8-11(22-23-12(8)20-5-6)13(24)21-10-2-1-7(4-9(10)19)25-14(16,17)18/h1-5H,19H2,(H,21,24)(H,20,22,23). The summed E-state index contributed by atoms with van der Waals surface area (Å²) in [5.74, 6) is -1.05. The van der Waals surface area contributed by atoms with Crippen LogP contribution >= 0.6 is 15.9 Å². The SMILES string of the molecule is Nc1cc(OC(F)(F)F)ccc1NC(=O)c1[nH]nc2ncc(Br)cc12. The van der Waals surface area contributed by atoms with Crippen molar-refractivity contribution in [3.05, 3.63) is 40.6 Å². The van der Waals surface area contributed by atoms with Crippen molar-refractivity contribution < 1.29 is 22.7 Å². The molecule has 1 aromatic carbocycles. The molecule has 0 aliphatic heterocycles. The van der Waals surface area contributed by atoms with Gasteiger partial charge < -0.3 is 15.8 Å². The Morgan fingerprint density at radius 1 is 1.32 bits per heavy atom. The number of hydrogen-bond donors (Lipinski definition) is 3. The van der Waals surface area contributed by atoms with Gasteiger partial charge in [0.05, 0.1) is 16.8 Å². The van der Waals surface area contributed by atoms with Crippen LogP contribution in [-0.2, 0) is 0 Å². The van der Waals surface area contributed by atoms with Crippen molar-refractivity contribution in [1.82, 2.24) is 15.2 Å². The minimum atomic E-state index is -4.83. The summed E-state index contributed by atoms with van der Waals surface area (Å²) in [4.78, 5) is 16.4. The fourth-order valence-electron chi connectivity index (χ4n) is 2.08. The third-order valence-electron chi connectivity index (χ3n) is 3.11. The predicted molar refractivity (Wildman–Crippen MR) is 87.1 cm³/mol. The number of nitrogens with zero attached hydrogens (tertiary/aromatic N) is 2. The number of nitrogens with two attached hydrogens (primary N) is 1. The molecule has 0 saturated carbocycles. The number of H-pyrrole nitrogens is 1. The van der Waals surface area contributed by atoms with Crippen LogP contribution in [0, 0.1) is 0 Å². The van der Waals surface area contributed by atoms with Gasteiger partial charge in [-0.05, 0) is 34.1 Å². The molecule has 7 nitrogen and oxygen atoms in total. The van der Waals surface area contributed by atoms with Crippen molar-refractivity contribution in [2.75, 3.05) is 11.1 Å². The minimum absolute atomic E-state index is 0.0850. The summed E-state index contributed by atoms with van der Waals surface area (Å²) in [6.45, 7) is 0. The van der Waals surface area contributed by atoms with E-state index in [4.69, 9.17) is 5.73 Å². The van der Waals surface area contributed by atoms with E-state index in [-0.39, 0.29) is 17.1 Å². The molecule has 2 aromatic heterocycles. The number of rotatable bonds is 3. The first-order valence-electron chi connectivity index (χ1n) is 6.69. The normalized spacial score (nSPS) is 11.5. The number of ether oxygens (including phenoxy) is 1. The van der Waals surface area contributed by atoms with E-state index in [1.165, 1.54) is 12.3 Å². The van der Waals surface area contributed by atoms with Gasteiger partial charge >= 0.3 is 6.36 Å². The minimum Gasteiger partial charge on any atom is -0.406 e. The monoisotopic (exact) mass is 415 g/mol. The van der Waals surface area contributed by atoms with Crippen LogP contribution in [0.1, 0.15) is 10.5 Å². The van der Waals surface area contributed by atoms with Crippen molar-refractivity contribution in [2.45, 2.75) is 6.36 Å². The van der Waals surface area contributed by atoms with Gasteiger partial charge in [-0.3, -0.25) is 9.89 Å². The summed E-state index contributed by atoms with van der Waals surface area (Å²) in [7, 11) is 0. The van der Waals surface area contributed by atoms with E-state index < -0.39 is 18.0 Å².